The highest BCUT2D eigenvalue weighted by atomic mass is 16.5. The van der Waals surface area contributed by atoms with Crippen LogP contribution < -0.4 is 0 Å². The van der Waals surface area contributed by atoms with Gasteiger partial charge >= 0.3 is 5.97 Å². The topological polar surface area (TPSA) is 36.0 Å². The lowest BCUT2D eigenvalue weighted by Gasteiger charge is -2.24. The molecule has 0 aromatic rings. The van der Waals surface area contributed by atoms with Crippen LogP contribution in [-0.4, -0.2) is 87.2 Å². The molecule has 0 aliphatic heterocycles. The lowest BCUT2D eigenvalue weighted by Crippen LogP contribution is -2.33. The predicted molar refractivity (Wildman–Crippen MR) is 264 cm³/mol. The Morgan fingerprint density at radius 1 is 0.373 bits per heavy atom. The van der Waals surface area contributed by atoms with E-state index in [1.807, 2.05) is 0 Å². The molecule has 0 aromatic heterocycles. The Balaban J connectivity index is 4.26. The van der Waals surface area contributed by atoms with Gasteiger partial charge in [0.15, 0.2) is 0 Å². The number of nitrogens with zero attached hydrogens (tertiary/aromatic N) is 3. The van der Waals surface area contributed by atoms with Crippen LogP contribution in [0.25, 0.3) is 0 Å². The molecule has 0 aliphatic rings. The van der Waals surface area contributed by atoms with Crippen LogP contribution >= 0.6 is 0 Å². The van der Waals surface area contributed by atoms with Crippen LogP contribution in [0.5, 0.6) is 0 Å². The number of hydrogen-bond donors (Lipinski definition) is 0. The van der Waals surface area contributed by atoms with Gasteiger partial charge in [-0.25, -0.2) is 0 Å². The molecule has 0 spiro atoms. The second-order valence-corrected chi connectivity index (χ2v) is 18.5. The summed E-state index contributed by atoms with van der Waals surface area (Å²) in [5, 5.41) is 0. The minimum atomic E-state index is 0.00799. The highest BCUT2D eigenvalue weighted by Gasteiger charge is 2.10. The molecule has 5 nitrogen and oxygen atoms in total. The molecule has 0 N–H and O–H groups in total. The zero-order valence-electron chi connectivity index (χ0n) is 41.1. The van der Waals surface area contributed by atoms with Gasteiger partial charge in [-0.1, -0.05) is 206 Å². The monoisotopic (exact) mass is 830 g/mol. The molecule has 59 heavy (non-hydrogen) atoms. The number of carbonyl (C=O) groups is 1. The number of esters is 1. The van der Waals surface area contributed by atoms with Crippen molar-refractivity contribution in [2.24, 2.45) is 0 Å². The Morgan fingerprint density at radius 3 is 1.14 bits per heavy atom. The van der Waals surface area contributed by atoms with Gasteiger partial charge in [0.2, 0.25) is 0 Å². The zero-order chi connectivity index (χ0) is 43.0. The number of ether oxygens (including phenoxy) is 1. The smallest absolute Gasteiger partial charge is 0.305 e. The van der Waals surface area contributed by atoms with Gasteiger partial charge in [-0.05, 0) is 104 Å². The summed E-state index contributed by atoms with van der Waals surface area (Å²) in [6.07, 6.45) is 56.5. The highest BCUT2D eigenvalue weighted by molar-refractivity contribution is 5.69. The summed E-state index contributed by atoms with van der Waals surface area (Å²) >= 11 is 0. The minimum absolute atomic E-state index is 0.00799. The third-order valence-electron chi connectivity index (χ3n) is 12.2. The molecule has 0 unspecified atom stereocenters. The fourth-order valence-electron chi connectivity index (χ4n) is 8.12. The van der Waals surface area contributed by atoms with Gasteiger partial charge < -0.3 is 14.5 Å². The Kier molecular flexibility index (Phi) is 48.5. The van der Waals surface area contributed by atoms with Crippen molar-refractivity contribution < 1.29 is 9.53 Å². The molecule has 5 heteroatoms. The van der Waals surface area contributed by atoms with E-state index >= 15 is 0 Å². The van der Waals surface area contributed by atoms with Crippen molar-refractivity contribution in [2.45, 2.75) is 252 Å². The number of rotatable bonds is 49. The molecule has 0 saturated heterocycles. The van der Waals surface area contributed by atoms with E-state index in [0.717, 1.165) is 58.5 Å². The summed E-state index contributed by atoms with van der Waals surface area (Å²) in [4.78, 5) is 20.3. The summed E-state index contributed by atoms with van der Waals surface area (Å²) in [7, 11) is 4.36. The minimum Gasteiger partial charge on any atom is -0.464 e. The lowest BCUT2D eigenvalue weighted by molar-refractivity contribution is -0.144. The first-order valence-corrected chi connectivity index (χ1v) is 26.6. The molecule has 0 heterocycles. The summed E-state index contributed by atoms with van der Waals surface area (Å²) in [5.74, 6) is 0.00799. The Morgan fingerprint density at radius 2 is 0.712 bits per heavy atom. The van der Waals surface area contributed by atoms with Crippen molar-refractivity contribution in [3.8, 4) is 0 Å². The van der Waals surface area contributed by atoms with Crippen molar-refractivity contribution in [3.05, 3.63) is 24.3 Å². The number of allylic oxidation sites excluding steroid dienone is 4. The van der Waals surface area contributed by atoms with Gasteiger partial charge in [0.1, 0.15) is 6.61 Å². The summed E-state index contributed by atoms with van der Waals surface area (Å²) < 4.78 is 5.80. The van der Waals surface area contributed by atoms with Crippen LogP contribution in [0, 0.1) is 0 Å². The highest BCUT2D eigenvalue weighted by Crippen LogP contribution is 2.14. The van der Waals surface area contributed by atoms with Gasteiger partial charge in [0, 0.05) is 26.1 Å². The van der Waals surface area contributed by atoms with E-state index in [4.69, 9.17) is 4.74 Å². The van der Waals surface area contributed by atoms with E-state index in [9.17, 15) is 4.79 Å². The average Bonchev–Trinajstić information content (AvgIpc) is 3.23. The maximum Gasteiger partial charge on any atom is 0.305 e. The second kappa shape index (κ2) is 49.5. The number of hydrogen-bond acceptors (Lipinski definition) is 5. The quantitative estimate of drug-likeness (QED) is 0.0347. The van der Waals surface area contributed by atoms with E-state index in [1.165, 1.54) is 212 Å². The van der Waals surface area contributed by atoms with Crippen LogP contribution in [0.2, 0.25) is 0 Å². The molecule has 0 aliphatic carbocycles. The van der Waals surface area contributed by atoms with Crippen LogP contribution in [0.1, 0.15) is 252 Å². The van der Waals surface area contributed by atoms with Gasteiger partial charge in [-0.15, -0.1) is 0 Å². The molecular formula is C54H107N3O2. The number of unbranched alkanes of at least 4 members (excludes halogenated alkanes) is 29. The van der Waals surface area contributed by atoms with Crippen molar-refractivity contribution in [1.29, 1.82) is 0 Å². The molecule has 0 atom stereocenters. The van der Waals surface area contributed by atoms with E-state index in [2.05, 4.69) is 73.9 Å². The Labute approximate surface area is 371 Å². The molecule has 0 aromatic carbocycles. The molecule has 0 saturated carbocycles. The first-order valence-electron chi connectivity index (χ1n) is 26.6. The summed E-state index contributed by atoms with van der Waals surface area (Å²) in [5.41, 5.74) is 0. The van der Waals surface area contributed by atoms with Crippen molar-refractivity contribution in [1.82, 2.24) is 14.7 Å². The van der Waals surface area contributed by atoms with Crippen LogP contribution in [0.4, 0.5) is 0 Å². The van der Waals surface area contributed by atoms with Gasteiger partial charge in [0.05, 0.1) is 0 Å². The van der Waals surface area contributed by atoms with Gasteiger partial charge in [-0.3, -0.25) is 9.69 Å². The lowest BCUT2D eigenvalue weighted by atomic mass is 10.1. The standard InChI is InChI=1S/C54H107N3O2/c1-6-9-12-15-18-21-24-25-26-27-28-29-32-33-36-41-46-56(51-50-55(4)5)47-44-39-40-45-54(58)59-53-52-57(48-42-37-34-30-22-19-16-13-10-7-2)49-43-38-35-31-23-20-17-14-11-8-3/h18,21,25-26H,6-17,19-20,22-24,27-53H2,1-5H3/b21-18-,26-25-. The zero-order valence-corrected chi connectivity index (χ0v) is 41.1. The van der Waals surface area contributed by atoms with E-state index in [1.54, 1.807) is 0 Å². The van der Waals surface area contributed by atoms with Crippen molar-refractivity contribution in [3.63, 3.8) is 0 Å². The molecule has 0 amide bonds. The normalized spacial score (nSPS) is 12.1. The molecular weight excluding hydrogens is 723 g/mol. The average molecular weight is 830 g/mol. The van der Waals surface area contributed by atoms with E-state index < -0.39 is 0 Å². The molecule has 0 bridgehead atoms. The van der Waals surface area contributed by atoms with Crippen LogP contribution in [-0.2, 0) is 9.53 Å². The SMILES string of the molecule is CCCCC/C=C\C/C=C\CCCCCCCCN(CCCCCC(=O)OCCN(CCCCCCCCCCCC)CCCCCCCCCCCC)CCN(C)C. The fraction of sp³-hybridized carbons (Fsp3) is 0.907. The summed E-state index contributed by atoms with van der Waals surface area (Å²) in [6, 6.07) is 0. The van der Waals surface area contributed by atoms with Crippen molar-refractivity contribution >= 4 is 5.97 Å². The van der Waals surface area contributed by atoms with E-state index in [0.29, 0.717) is 13.0 Å². The van der Waals surface area contributed by atoms with Gasteiger partial charge in [0.25, 0.3) is 0 Å². The molecule has 0 rings (SSSR count). The molecule has 0 fully saturated rings. The Hall–Kier alpha value is -1.17. The van der Waals surface area contributed by atoms with Crippen LogP contribution in [0.3, 0.4) is 0 Å². The fourth-order valence-corrected chi connectivity index (χ4v) is 8.12. The number of likely N-dealkylation sites (N-methyl/N-ethyl adjacent to an activating group) is 1. The second-order valence-electron chi connectivity index (χ2n) is 18.5. The third-order valence-corrected chi connectivity index (χ3v) is 12.2. The van der Waals surface area contributed by atoms with E-state index in [-0.39, 0.29) is 5.97 Å². The molecule has 350 valence electrons. The van der Waals surface area contributed by atoms with Crippen molar-refractivity contribution in [2.75, 3.05) is 66.5 Å². The summed E-state index contributed by atoms with van der Waals surface area (Å²) in [6.45, 7) is 15.3. The third kappa shape index (κ3) is 47.7. The largest absolute Gasteiger partial charge is 0.464 e. The maximum absolute atomic E-state index is 12.7. The predicted octanol–water partition coefficient (Wildman–Crippen LogP) is 15.9. The maximum atomic E-state index is 12.7. The molecule has 0 radical (unpaired) electrons. The first kappa shape index (κ1) is 57.8. The number of carbonyl (C=O) groups excluding carboxylic acids is 1. The van der Waals surface area contributed by atoms with Gasteiger partial charge in [-0.2, -0.15) is 0 Å². The Bertz CT molecular complexity index is 850. The van der Waals surface area contributed by atoms with Crippen LogP contribution in [0.15, 0.2) is 24.3 Å². The first-order chi connectivity index (χ1) is 29.0.